The Balaban J connectivity index is 1.54. The van der Waals surface area contributed by atoms with E-state index >= 15 is 0 Å². The SMILES string of the molecule is C[C@@H]([C@@H](OC(=O)N1Cc2c(NC(=O)c3ccc(F)cc3)n[nH]c2C1(C)C)c1ccccc1)N(C)C. The van der Waals surface area contributed by atoms with E-state index in [4.69, 9.17) is 4.74 Å². The first-order valence-corrected chi connectivity index (χ1v) is 11.4. The minimum Gasteiger partial charge on any atom is -0.440 e. The van der Waals surface area contributed by atoms with Gasteiger partial charge in [-0.1, -0.05) is 30.3 Å². The van der Waals surface area contributed by atoms with E-state index in [0.717, 1.165) is 11.3 Å². The standard InChI is InChI=1S/C26H30FN5O3/c1-16(31(4)5)21(17-9-7-6-8-10-17)35-25(34)32-15-20-22(26(32,2)3)29-30-23(20)28-24(33)18-11-13-19(27)14-12-18/h6-14,16,21H,15H2,1-5H3,(H2,28,29,30,33)/t16-,21+/m0/s1. The number of hydrogen-bond acceptors (Lipinski definition) is 5. The van der Waals surface area contributed by atoms with Gasteiger partial charge in [-0.3, -0.25) is 14.8 Å². The molecule has 2 N–H and O–H groups in total. The molecule has 0 saturated carbocycles. The van der Waals surface area contributed by atoms with Gasteiger partial charge in [-0.25, -0.2) is 9.18 Å². The first-order valence-electron chi connectivity index (χ1n) is 11.4. The molecule has 2 heterocycles. The fraction of sp³-hybridized carbons (Fsp3) is 0.346. The predicted octanol–water partition coefficient (Wildman–Crippen LogP) is 4.68. The number of benzene rings is 2. The Morgan fingerprint density at radius 1 is 1.14 bits per heavy atom. The maximum atomic E-state index is 13.5. The van der Waals surface area contributed by atoms with Crippen molar-refractivity contribution in [2.75, 3.05) is 19.4 Å². The minimum absolute atomic E-state index is 0.0582. The van der Waals surface area contributed by atoms with Crippen molar-refractivity contribution in [3.63, 3.8) is 0 Å². The van der Waals surface area contributed by atoms with Crippen molar-refractivity contribution >= 4 is 17.8 Å². The van der Waals surface area contributed by atoms with Gasteiger partial charge in [-0.05, 0) is 64.7 Å². The van der Waals surface area contributed by atoms with Gasteiger partial charge in [0.15, 0.2) is 5.82 Å². The van der Waals surface area contributed by atoms with Crippen molar-refractivity contribution < 1.29 is 18.7 Å². The molecule has 2 amide bonds. The Labute approximate surface area is 204 Å². The first-order chi connectivity index (χ1) is 16.6. The fourth-order valence-corrected chi connectivity index (χ4v) is 4.22. The predicted molar refractivity (Wildman–Crippen MR) is 130 cm³/mol. The second-order valence-electron chi connectivity index (χ2n) is 9.45. The van der Waals surface area contributed by atoms with Gasteiger partial charge < -0.3 is 15.0 Å². The highest BCUT2D eigenvalue weighted by molar-refractivity contribution is 6.04. The molecule has 9 heteroatoms. The number of carbonyl (C=O) groups excluding carboxylic acids is 2. The van der Waals surface area contributed by atoms with Crippen LogP contribution in [0, 0.1) is 5.82 Å². The van der Waals surface area contributed by atoms with E-state index in [-0.39, 0.29) is 12.6 Å². The molecule has 35 heavy (non-hydrogen) atoms. The summed E-state index contributed by atoms with van der Waals surface area (Å²) in [6.45, 7) is 6.03. The molecule has 0 unspecified atom stereocenters. The average molecular weight is 480 g/mol. The van der Waals surface area contributed by atoms with Gasteiger partial charge in [0, 0.05) is 17.2 Å². The number of amides is 2. The third kappa shape index (κ3) is 4.77. The quantitative estimate of drug-likeness (QED) is 0.536. The van der Waals surface area contributed by atoms with Crippen molar-refractivity contribution in [1.82, 2.24) is 20.0 Å². The lowest BCUT2D eigenvalue weighted by Crippen LogP contribution is -2.43. The van der Waals surface area contributed by atoms with E-state index in [2.05, 4.69) is 15.5 Å². The van der Waals surface area contributed by atoms with Gasteiger partial charge in [-0.2, -0.15) is 5.10 Å². The fourth-order valence-electron chi connectivity index (χ4n) is 4.22. The summed E-state index contributed by atoms with van der Waals surface area (Å²) < 4.78 is 19.3. The third-order valence-electron chi connectivity index (χ3n) is 6.64. The zero-order chi connectivity index (χ0) is 25.3. The van der Waals surface area contributed by atoms with Gasteiger partial charge in [0.05, 0.1) is 17.8 Å². The molecule has 2 aromatic carbocycles. The number of halogens is 1. The number of nitrogens with one attached hydrogen (secondary N) is 2. The molecule has 0 aliphatic carbocycles. The van der Waals surface area contributed by atoms with Crippen LogP contribution in [-0.4, -0.2) is 52.1 Å². The molecule has 8 nitrogen and oxygen atoms in total. The van der Waals surface area contributed by atoms with Crippen LogP contribution in [0.2, 0.25) is 0 Å². The van der Waals surface area contributed by atoms with Crippen LogP contribution >= 0.6 is 0 Å². The van der Waals surface area contributed by atoms with Crippen LogP contribution < -0.4 is 5.32 Å². The summed E-state index contributed by atoms with van der Waals surface area (Å²) >= 11 is 0. The molecule has 4 rings (SSSR count). The van der Waals surface area contributed by atoms with Crippen LogP contribution in [-0.2, 0) is 16.8 Å². The molecule has 184 valence electrons. The van der Waals surface area contributed by atoms with Crippen LogP contribution in [0.1, 0.15) is 54.1 Å². The van der Waals surface area contributed by atoms with Crippen LogP contribution in [0.3, 0.4) is 0 Å². The van der Waals surface area contributed by atoms with E-state index in [0.29, 0.717) is 16.9 Å². The molecular formula is C26H30FN5O3. The van der Waals surface area contributed by atoms with E-state index in [1.807, 2.05) is 70.1 Å². The summed E-state index contributed by atoms with van der Waals surface area (Å²) in [6.07, 6.45) is -0.929. The Kier molecular flexibility index (Phi) is 6.62. The van der Waals surface area contributed by atoms with Crippen LogP contribution in [0.5, 0.6) is 0 Å². The number of hydrogen-bond donors (Lipinski definition) is 2. The summed E-state index contributed by atoms with van der Waals surface area (Å²) in [7, 11) is 3.89. The minimum atomic E-state index is -0.735. The number of anilines is 1. The second-order valence-corrected chi connectivity index (χ2v) is 9.45. The Hall–Kier alpha value is -3.72. The zero-order valence-electron chi connectivity index (χ0n) is 20.5. The average Bonchev–Trinajstić information content (AvgIpc) is 3.35. The highest BCUT2D eigenvalue weighted by atomic mass is 19.1. The molecule has 0 fully saturated rings. The topological polar surface area (TPSA) is 90.6 Å². The van der Waals surface area contributed by atoms with Crippen LogP contribution in [0.25, 0.3) is 0 Å². The number of rotatable bonds is 6. The summed E-state index contributed by atoms with van der Waals surface area (Å²) in [5.74, 6) is -0.503. The van der Waals surface area contributed by atoms with Gasteiger partial charge >= 0.3 is 6.09 Å². The van der Waals surface area contributed by atoms with Gasteiger partial charge in [0.1, 0.15) is 11.9 Å². The van der Waals surface area contributed by atoms with Crippen LogP contribution in [0.15, 0.2) is 54.6 Å². The normalized spacial score (nSPS) is 16.0. The number of nitrogens with zero attached hydrogens (tertiary/aromatic N) is 3. The molecule has 1 aromatic heterocycles. The number of fused-ring (bicyclic) bond motifs is 1. The van der Waals surface area contributed by atoms with Gasteiger partial charge in [0.2, 0.25) is 0 Å². The number of H-pyrrole nitrogens is 1. The summed E-state index contributed by atoms with van der Waals surface area (Å²) in [6, 6.07) is 14.9. The monoisotopic (exact) mass is 479 g/mol. The smallest absolute Gasteiger partial charge is 0.411 e. The molecule has 2 atom stereocenters. The Morgan fingerprint density at radius 3 is 2.43 bits per heavy atom. The second kappa shape index (κ2) is 9.50. The van der Waals surface area contributed by atoms with Gasteiger partial charge in [-0.15, -0.1) is 0 Å². The zero-order valence-corrected chi connectivity index (χ0v) is 20.5. The number of likely N-dealkylation sites (N-methyl/N-ethyl adjacent to an activating group) is 1. The molecule has 0 radical (unpaired) electrons. The number of aromatic nitrogens is 2. The number of carbonyl (C=O) groups is 2. The highest BCUT2D eigenvalue weighted by Crippen LogP contribution is 2.41. The number of ether oxygens (including phenoxy) is 1. The largest absolute Gasteiger partial charge is 0.440 e. The maximum Gasteiger partial charge on any atom is 0.411 e. The molecule has 0 saturated heterocycles. The molecule has 0 spiro atoms. The lowest BCUT2D eigenvalue weighted by atomic mass is 10.0. The van der Waals surface area contributed by atoms with Crippen molar-refractivity contribution in [2.45, 2.75) is 45.0 Å². The van der Waals surface area contributed by atoms with Crippen molar-refractivity contribution in [2.24, 2.45) is 0 Å². The highest BCUT2D eigenvalue weighted by Gasteiger charge is 2.45. The third-order valence-corrected chi connectivity index (χ3v) is 6.64. The Morgan fingerprint density at radius 2 is 1.80 bits per heavy atom. The molecule has 1 aliphatic rings. The van der Waals surface area contributed by atoms with Crippen molar-refractivity contribution in [1.29, 1.82) is 0 Å². The molecule has 1 aliphatic heterocycles. The summed E-state index contributed by atoms with van der Waals surface area (Å²) in [5.41, 5.74) is 1.91. The molecular weight excluding hydrogens is 449 g/mol. The van der Waals surface area contributed by atoms with Crippen molar-refractivity contribution in [3.05, 3.63) is 82.8 Å². The lowest BCUT2D eigenvalue weighted by molar-refractivity contribution is 0.00714. The summed E-state index contributed by atoms with van der Waals surface area (Å²) in [5, 5.41) is 9.99. The molecule has 0 bridgehead atoms. The maximum absolute atomic E-state index is 13.5. The molecule has 3 aromatic rings. The van der Waals surface area contributed by atoms with Crippen molar-refractivity contribution in [3.8, 4) is 0 Å². The van der Waals surface area contributed by atoms with Crippen LogP contribution in [0.4, 0.5) is 15.0 Å². The van der Waals surface area contributed by atoms with E-state index in [1.54, 1.807) is 4.90 Å². The van der Waals surface area contributed by atoms with E-state index in [1.165, 1.54) is 24.3 Å². The lowest BCUT2D eigenvalue weighted by Gasteiger charge is -2.35. The first kappa shape index (κ1) is 24.4. The van der Waals surface area contributed by atoms with E-state index in [9.17, 15) is 14.0 Å². The Bertz CT molecular complexity index is 1210. The van der Waals surface area contributed by atoms with Gasteiger partial charge in [0.25, 0.3) is 5.91 Å². The summed E-state index contributed by atoms with van der Waals surface area (Å²) in [4.78, 5) is 29.7. The van der Waals surface area contributed by atoms with E-state index < -0.39 is 29.5 Å². The number of aromatic amines is 1.